The van der Waals surface area contributed by atoms with Gasteiger partial charge in [0.25, 0.3) is 0 Å². The fourth-order valence-electron chi connectivity index (χ4n) is 2.16. The Bertz CT molecular complexity index is 550. The number of hydrogen-bond donors (Lipinski definition) is 1. The van der Waals surface area contributed by atoms with Gasteiger partial charge >= 0.3 is 0 Å². The van der Waals surface area contributed by atoms with Crippen molar-refractivity contribution in [3.05, 3.63) is 35.0 Å². The number of benzene rings is 1. The summed E-state index contributed by atoms with van der Waals surface area (Å²) in [5.74, 6) is 0. The van der Waals surface area contributed by atoms with E-state index < -0.39 is 0 Å². The molecule has 1 heterocycles. The molecule has 20 heavy (non-hydrogen) atoms. The molecule has 0 radical (unpaired) electrons. The Morgan fingerprint density at radius 3 is 2.80 bits per heavy atom. The molecule has 0 bridgehead atoms. The molecule has 0 fully saturated rings. The summed E-state index contributed by atoms with van der Waals surface area (Å²) in [6.45, 7) is 7.26. The highest BCUT2D eigenvalue weighted by Crippen LogP contribution is 2.29. The maximum Gasteiger partial charge on any atom is 0.199 e. The van der Waals surface area contributed by atoms with E-state index in [-0.39, 0.29) is 0 Å². The maximum absolute atomic E-state index is 6.16. The monoisotopic (exact) mass is 294 g/mol. The number of para-hydroxylation sites is 1. The van der Waals surface area contributed by atoms with Gasteiger partial charge in [-0.3, -0.25) is 0 Å². The van der Waals surface area contributed by atoms with Gasteiger partial charge < -0.3 is 14.6 Å². The number of furan rings is 1. The topological polar surface area (TPSA) is 28.4 Å². The third-order valence-electron chi connectivity index (χ3n) is 3.70. The summed E-state index contributed by atoms with van der Waals surface area (Å²) in [6, 6.07) is 8.56. The van der Waals surface area contributed by atoms with Crippen LogP contribution < -0.4 is 5.32 Å². The van der Waals surface area contributed by atoms with E-state index in [0.29, 0.717) is 11.3 Å². The molecule has 1 aromatic carbocycles. The lowest BCUT2D eigenvalue weighted by molar-refractivity contribution is 0.269. The minimum Gasteiger partial charge on any atom is -0.444 e. The van der Waals surface area contributed by atoms with Gasteiger partial charge in [-0.15, -0.1) is 0 Å². The number of hydrogen-bond acceptors (Lipinski definition) is 3. The quantitative estimate of drug-likeness (QED) is 0.785. The number of nitrogens with zero attached hydrogens (tertiary/aromatic N) is 1. The van der Waals surface area contributed by atoms with E-state index in [1.165, 1.54) is 0 Å². The van der Waals surface area contributed by atoms with Crippen LogP contribution in [0, 0.1) is 0 Å². The first-order valence-electron chi connectivity index (χ1n) is 7.16. The molecule has 0 aliphatic heterocycles. The Morgan fingerprint density at radius 2 is 2.05 bits per heavy atom. The van der Waals surface area contributed by atoms with Gasteiger partial charge in [0.05, 0.1) is 0 Å². The molecular weight excluding hydrogens is 272 g/mol. The minimum atomic E-state index is 0.498. The first-order valence-corrected chi connectivity index (χ1v) is 7.54. The van der Waals surface area contributed by atoms with Crippen LogP contribution in [0.3, 0.4) is 0 Å². The van der Waals surface area contributed by atoms with Gasteiger partial charge in [0.1, 0.15) is 5.58 Å². The predicted molar refractivity (Wildman–Crippen MR) is 85.3 cm³/mol. The zero-order chi connectivity index (χ0) is 14.5. The van der Waals surface area contributed by atoms with Gasteiger partial charge in [-0.05, 0) is 58.1 Å². The Morgan fingerprint density at radius 1 is 1.30 bits per heavy atom. The Labute approximate surface area is 125 Å². The van der Waals surface area contributed by atoms with Crippen LogP contribution in [0.4, 0.5) is 0 Å². The molecule has 4 heteroatoms. The van der Waals surface area contributed by atoms with Crippen LogP contribution in [0.5, 0.6) is 0 Å². The number of nitrogens with one attached hydrogen (secondary N) is 1. The van der Waals surface area contributed by atoms with E-state index in [1.807, 2.05) is 24.3 Å². The molecule has 3 nitrogen and oxygen atoms in total. The summed E-state index contributed by atoms with van der Waals surface area (Å²) >= 11 is 6.16. The molecule has 0 saturated carbocycles. The SMILES string of the molecule is CC(C)N(C)CCCNCc1c(Cl)oc2ccccc12. The number of fused-ring (bicyclic) bond motifs is 1. The standard InChI is InChI=1S/C16H23ClN2O/c1-12(2)19(3)10-6-9-18-11-14-13-7-4-5-8-15(13)20-16(14)17/h4-5,7-8,12,18H,6,9-11H2,1-3H3. The molecule has 1 aromatic heterocycles. The fraction of sp³-hybridized carbons (Fsp3) is 0.500. The third kappa shape index (κ3) is 3.75. The van der Waals surface area contributed by atoms with Crippen LogP contribution in [0.15, 0.2) is 28.7 Å². The van der Waals surface area contributed by atoms with Gasteiger partial charge in [-0.1, -0.05) is 18.2 Å². The van der Waals surface area contributed by atoms with Crippen LogP contribution in [0.2, 0.25) is 5.22 Å². The lowest BCUT2D eigenvalue weighted by Gasteiger charge is -2.20. The normalized spacial score (nSPS) is 11.9. The molecule has 0 amide bonds. The van der Waals surface area contributed by atoms with Crippen molar-refractivity contribution in [3.63, 3.8) is 0 Å². The first kappa shape index (κ1) is 15.4. The largest absolute Gasteiger partial charge is 0.444 e. The van der Waals surface area contributed by atoms with E-state index in [1.54, 1.807) is 0 Å². The van der Waals surface area contributed by atoms with E-state index in [2.05, 4.69) is 31.1 Å². The molecule has 2 rings (SSSR count). The van der Waals surface area contributed by atoms with Crippen molar-refractivity contribution in [2.45, 2.75) is 32.9 Å². The van der Waals surface area contributed by atoms with E-state index in [0.717, 1.165) is 42.6 Å². The van der Waals surface area contributed by atoms with E-state index in [4.69, 9.17) is 16.0 Å². The van der Waals surface area contributed by atoms with Gasteiger partial charge in [0.15, 0.2) is 5.22 Å². The molecule has 2 aromatic rings. The Hall–Kier alpha value is -1.03. The second-order valence-electron chi connectivity index (χ2n) is 5.46. The van der Waals surface area contributed by atoms with Crippen molar-refractivity contribution >= 4 is 22.6 Å². The molecular formula is C16H23ClN2O. The van der Waals surface area contributed by atoms with Crippen molar-refractivity contribution < 1.29 is 4.42 Å². The van der Waals surface area contributed by atoms with Crippen molar-refractivity contribution in [2.24, 2.45) is 0 Å². The average molecular weight is 295 g/mol. The van der Waals surface area contributed by atoms with Crippen LogP contribution >= 0.6 is 11.6 Å². The highest BCUT2D eigenvalue weighted by Gasteiger charge is 2.11. The van der Waals surface area contributed by atoms with Crippen LogP contribution in [-0.4, -0.2) is 31.1 Å². The van der Waals surface area contributed by atoms with Crippen molar-refractivity contribution in [1.82, 2.24) is 10.2 Å². The fourth-order valence-corrected chi connectivity index (χ4v) is 2.41. The van der Waals surface area contributed by atoms with Crippen molar-refractivity contribution in [3.8, 4) is 0 Å². The number of rotatable bonds is 7. The smallest absolute Gasteiger partial charge is 0.199 e. The highest BCUT2D eigenvalue weighted by molar-refractivity contribution is 6.30. The molecule has 0 atom stereocenters. The summed E-state index contributed by atoms with van der Waals surface area (Å²) in [4.78, 5) is 2.35. The lowest BCUT2D eigenvalue weighted by atomic mass is 10.2. The Balaban J connectivity index is 1.83. The summed E-state index contributed by atoms with van der Waals surface area (Å²) in [5, 5.41) is 5.04. The average Bonchev–Trinajstić information content (AvgIpc) is 2.74. The predicted octanol–water partition coefficient (Wildman–Crippen LogP) is 3.91. The van der Waals surface area contributed by atoms with Gasteiger partial charge in [-0.25, -0.2) is 0 Å². The summed E-state index contributed by atoms with van der Waals surface area (Å²) < 4.78 is 5.54. The number of halogens is 1. The second-order valence-corrected chi connectivity index (χ2v) is 5.80. The van der Waals surface area contributed by atoms with Crippen LogP contribution in [0.1, 0.15) is 25.8 Å². The molecule has 0 unspecified atom stereocenters. The summed E-state index contributed by atoms with van der Waals surface area (Å²) in [5.41, 5.74) is 1.91. The highest BCUT2D eigenvalue weighted by atomic mass is 35.5. The third-order valence-corrected chi connectivity index (χ3v) is 4.00. The van der Waals surface area contributed by atoms with Crippen LogP contribution in [-0.2, 0) is 6.54 Å². The van der Waals surface area contributed by atoms with Gasteiger partial charge in [0, 0.05) is 23.5 Å². The van der Waals surface area contributed by atoms with Crippen molar-refractivity contribution in [1.29, 1.82) is 0 Å². The first-order chi connectivity index (χ1) is 9.59. The molecule has 1 N–H and O–H groups in total. The van der Waals surface area contributed by atoms with Crippen LogP contribution in [0.25, 0.3) is 11.0 Å². The Kier molecular flexibility index (Phi) is 5.46. The second kappa shape index (κ2) is 7.11. The molecule has 0 aliphatic carbocycles. The molecule has 0 aliphatic rings. The molecule has 0 spiro atoms. The summed E-state index contributed by atoms with van der Waals surface area (Å²) in [6.07, 6.45) is 1.13. The zero-order valence-electron chi connectivity index (χ0n) is 12.4. The van der Waals surface area contributed by atoms with Gasteiger partial charge in [-0.2, -0.15) is 0 Å². The lowest BCUT2D eigenvalue weighted by Crippen LogP contribution is -2.29. The zero-order valence-corrected chi connectivity index (χ0v) is 13.2. The molecule has 110 valence electrons. The van der Waals surface area contributed by atoms with E-state index >= 15 is 0 Å². The summed E-state index contributed by atoms with van der Waals surface area (Å²) in [7, 11) is 2.16. The van der Waals surface area contributed by atoms with E-state index in [9.17, 15) is 0 Å². The minimum absolute atomic E-state index is 0.498. The maximum atomic E-state index is 6.16. The van der Waals surface area contributed by atoms with Crippen molar-refractivity contribution in [2.75, 3.05) is 20.1 Å². The molecule has 0 saturated heterocycles. The van der Waals surface area contributed by atoms with Gasteiger partial charge in [0.2, 0.25) is 0 Å².